The molecule has 3 aliphatic rings. The van der Waals surface area contributed by atoms with Gasteiger partial charge < -0.3 is 15.1 Å². The maximum absolute atomic E-state index is 6.88. The summed E-state index contributed by atoms with van der Waals surface area (Å²) in [7, 11) is 0. The van der Waals surface area contributed by atoms with Gasteiger partial charge in [-0.3, -0.25) is 0 Å². The third-order valence-corrected chi connectivity index (χ3v) is 10.1. The van der Waals surface area contributed by atoms with Gasteiger partial charge in [0.05, 0.1) is 22.5 Å². The molecule has 0 spiro atoms. The molecule has 6 aromatic rings. The van der Waals surface area contributed by atoms with Crippen LogP contribution in [0, 0.1) is 0 Å². The second-order valence-corrected chi connectivity index (χ2v) is 12.1. The van der Waals surface area contributed by atoms with Gasteiger partial charge >= 0.3 is 0 Å². The molecule has 3 atom stereocenters. The summed E-state index contributed by atoms with van der Waals surface area (Å²) in [4.78, 5) is 2.68. The molecule has 9 rings (SSSR count). The molecule has 2 N–H and O–H groups in total. The Labute approximate surface area is 235 Å². The summed E-state index contributed by atoms with van der Waals surface area (Å²) >= 11 is 1.91. The number of thiophene rings is 1. The second kappa shape index (κ2) is 8.23. The minimum absolute atomic E-state index is 0.112. The Morgan fingerprint density at radius 2 is 1.62 bits per heavy atom. The Hall–Kier alpha value is -4.54. The minimum atomic E-state index is 0.112. The minimum Gasteiger partial charge on any atom is -0.456 e. The zero-order valence-electron chi connectivity index (χ0n) is 21.7. The highest BCUT2D eigenvalue weighted by Crippen LogP contribution is 2.53. The third-order valence-electron chi connectivity index (χ3n) is 8.92. The van der Waals surface area contributed by atoms with Crippen LogP contribution in [0.3, 0.4) is 0 Å². The van der Waals surface area contributed by atoms with E-state index in [0.29, 0.717) is 5.92 Å². The van der Waals surface area contributed by atoms with E-state index >= 15 is 0 Å². The number of allylic oxidation sites excluding steroid dienone is 3. The van der Waals surface area contributed by atoms with E-state index in [1.165, 1.54) is 37.0 Å². The lowest BCUT2D eigenvalue weighted by Gasteiger charge is -2.39. The number of nitrogens with two attached hydrogens (primary N) is 1. The molecule has 0 bridgehead atoms. The summed E-state index contributed by atoms with van der Waals surface area (Å²) in [5.74, 6) is 0.322. The van der Waals surface area contributed by atoms with Crippen molar-refractivity contribution in [2.45, 2.75) is 24.4 Å². The molecule has 3 heterocycles. The molecule has 192 valence electrons. The molecule has 0 saturated carbocycles. The first kappa shape index (κ1) is 22.3. The second-order valence-electron chi connectivity index (χ2n) is 11.0. The monoisotopic (exact) mass is 534 g/mol. The summed E-state index contributed by atoms with van der Waals surface area (Å²) in [5.41, 5.74) is 14.7. The van der Waals surface area contributed by atoms with Crippen molar-refractivity contribution in [2.75, 3.05) is 4.90 Å². The molecule has 4 heteroatoms. The molecular formula is C36H26N2OS. The van der Waals surface area contributed by atoms with Crippen LogP contribution in [0.5, 0.6) is 0 Å². The van der Waals surface area contributed by atoms with E-state index in [2.05, 4.69) is 108 Å². The van der Waals surface area contributed by atoms with Crippen molar-refractivity contribution in [2.24, 2.45) is 5.73 Å². The Morgan fingerprint density at radius 3 is 2.58 bits per heavy atom. The first-order chi connectivity index (χ1) is 19.8. The quantitative estimate of drug-likeness (QED) is 0.241. The topological polar surface area (TPSA) is 42.4 Å². The highest BCUT2D eigenvalue weighted by Gasteiger charge is 2.43. The Morgan fingerprint density at radius 1 is 0.800 bits per heavy atom. The summed E-state index contributed by atoms with van der Waals surface area (Å²) in [6.45, 7) is 0. The van der Waals surface area contributed by atoms with Crippen molar-refractivity contribution in [3.8, 4) is 0 Å². The molecule has 0 fully saturated rings. The van der Waals surface area contributed by atoms with Gasteiger partial charge in [0.15, 0.2) is 0 Å². The lowest BCUT2D eigenvalue weighted by Crippen LogP contribution is -2.43. The Kier molecular flexibility index (Phi) is 4.59. The van der Waals surface area contributed by atoms with Crippen LogP contribution in [-0.4, -0.2) is 12.1 Å². The number of fused-ring (bicyclic) bond motifs is 10. The van der Waals surface area contributed by atoms with Crippen molar-refractivity contribution in [3.05, 3.63) is 132 Å². The maximum Gasteiger partial charge on any atom is 0.135 e. The van der Waals surface area contributed by atoms with Gasteiger partial charge in [-0.05, 0) is 47.9 Å². The molecule has 1 aliphatic heterocycles. The van der Waals surface area contributed by atoms with E-state index < -0.39 is 0 Å². The van der Waals surface area contributed by atoms with E-state index in [4.69, 9.17) is 10.2 Å². The number of anilines is 1. The van der Waals surface area contributed by atoms with Gasteiger partial charge in [0.1, 0.15) is 11.2 Å². The van der Waals surface area contributed by atoms with Gasteiger partial charge in [-0.25, -0.2) is 0 Å². The van der Waals surface area contributed by atoms with Crippen LogP contribution < -0.4 is 10.6 Å². The highest BCUT2D eigenvalue weighted by atomic mass is 32.1. The van der Waals surface area contributed by atoms with Crippen LogP contribution in [0.2, 0.25) is 0 Å². The Balaban J connectivity index is 1.28. The van der Waals surface area contributed by atoms with E-state index in [1.54, 1.807) is 0 Å². The molecule has 2 aliphatic carbocycles. The fourth-order valence-electron chi connectivity index (χ4n) is 7.22. The van der Waals surface area contributed by atoms with E-state index in [9.17, 15) is 0 Å². The molecule has 0 amide bonds. The number of hydrogen-bond acceptors (Lipinski definition) is 4. The van der Waals surface area contributed by atoms with Gasteiger partial charge in [0.25, 0.3) is 0 Å². The third kappa shape index (κ3) is 3.00. The fraction of sp³-hybridized carbons (Fsp3) is 0.111. The number of para-hydroxylation sites is 1. The van der Waals surface area contributed by atoms with Crippen LogP contribution in [-0.2, 0) is 0 Å². The standard InChI is InChI=1S/C36H26N2OS/c37-28-11-7-13-30(34(28)21-16-19-32-27(20-21)23-9-2-5-14-31(23)39-32)38-29-12-4-1-8-22(29)25-17-18-26-24-10-3-6-15-33(24)40-36(26)35(25)38/h1-12,14-20,22,29-30H,13,37H2. The SMILES string of the molecule is NC1=C(c2ccc3oc4ccccc4c3c2)C(N2c3c(ccc4c3sc3ccccc34)C3C=CC=CC32)CC=C1. The number of benzene rings is 4. The van der Waals surface area contributed by atoms with Gasteiger partial charge in [-0.15, -0.1) is 11.3 Å². The van der Waals surface area contributed by atoms with E-state index in [0.717, 1.165) is 39.6 Å². The van der Waals surface area contributed by atoms with Gasteiger partial charge in [-0.1, -0.05) is 85.0 Å². The van der Waals surface area contributed by atoms with Crippen molar-refractivity contribution in [1.29, 1.82) is 0 Å². The zero-order valence-corrected chi connectivity index (χ0v) is 22.6. The number of nitrogens with zero attached hydrogens (tertiary/aromatic N) is 1. The maximum atomic E-state index is 6.88. The zero-order chi connectivity index (χ0) is 26.4. The molecule has 0 saturated heterocycles. The Bertz CT molecular complexity index is 2140. The molecule has 40 heavy (non-hydrogen) atoms. The number of furan rings is 1. The lowest BCUT2D eigenvalue weighted by atomic mass is 9.87. The van der Waals surface area contributed by atoms with Crippen LogP contribution >= 0.6 is 11.3 Å². The fourth-order valence-corrected chi connectivity index (χ4v) is 8.48. The summed E-state index contributed by atoms with van der Waals surface area (Å²) in [5, 5.41) is 4.95. The van der Waals surface area contributed by atoms with Gasteiger partial charge in [0.2, 0.25) is 0 Å². The number of hydrogen-bond donors (Lipinski definition) is 1. The summed E-state index contributed by atoms with van der Waals surface area (Å²) < 4.78 is 8.87. The lowest BCUT2D eigenvalue weighted by molar-refractivity contribution is 0.621. The van der Waals surface area contributed by atoms with Crippen molar-refractivity contribution in [1.82, 2.24) is 0 Å². The first-order valence-electron chi connectivity index (χ1n) is 13.9. The van der Waals surface area contributed by atoms with E-state index in [1.807, 2.05) is 23.5 Å². The predicted molar refractivity (Wildman–Crippen MR) is 169 cm³/mol. The normalized spacial score (nSPS) is 21.8. The van der Waals surface area contributed by atoms with Crippen LogP contribution in [0.4, 0.5) is 5.69 Å². The molecule has 4 aromatic carbocycles. The largest absolute Gasteiger partial charge is 0.456 e. The van der Waals surface area contributed by atoms with Crippen molar-refractivity contribution in [3.63, 3.8) is 0 Å². The van der Waals surface area contributed by atoms with E-state index in [-0.39, 0.29) is 12.1 Å². The van der Waals surface area contributed by atoms with Crippen LogP contribution in [0.1, 0.15) is 23.5 Å². The van der Waals surface area contributed by atoms with Gasteiger partial charge in [0, 0.05) is 43.4 Å². The van der Waals surface area contributed by atoms with Crippen LogP contribution in [0.25, 0.3) is 47.7 Å². The smallest absolute Gasteiger partial charge is 0.135 e. The average molecular weight is 535 g/mol. The predicted octanol–water partition coefficient (Wildman–Crippen LogP) is 9.05. The van der Waals surface area contributed by atoms with Gasteiger partial charge in [-0.2, -0.15) is 0 Å². The molecule has 3 unspecified atom stereocenters. The summed E-state index contributed by atoms with van der Waals surface area (Å²) in [6, 6.07) is 28.7. The first-order valence-corrected chi connectivity index (χ1v) is 14.7. The molecular weight excluding hydrogens is 508 g/mol. The van der Waals surface area contributed by atoms with Crippen LogP contribution in [0.15, 0.2) is 125 Å². The molecule has 2 aromatic heterocycles. The number of rotatable bonds is 2. The molecule has 3 nitrogen and oxygen atoms in total. The molecule has 0 radical (unpaired) electrons. The van der Waals surface area contributed by atoms with Crippen molar-refractivity contribution >= 4 is 64.7 Å². The van der Waals surface area contributed by atoms with Crippen molar-refractivity contribution < 1.29 is 4.42 Å². The average Bonchev–Trinajstić information content (AvgIpc) is 3.66. The summed E-state index contributed by atoms with van der Waals surface area (Å²) in [6.07, 6.45) is 14.4. The highest BCUT2D eigenvalue weighted by molar-refractivity contribution is 7.26.